The molecule has 0 atom stereocenters. The summed E-state index contributed by atoms with van der Waals surface area (Å²) in [6.07, 6.45) is 7.66. The summed E-state index contributed by atoms with van der Waals surface area (Å²) in [7, 11) is 10.0. The summed E-state index contributed by atoms with van der Waals surface area (Å²) in [5.74, 6) is 2.48. The van der Waals surface area contributed by atoms with Crippen molar-refractivity contribution in [3.8, 4) is 23.5 Å². The van der Waals surface area contributed by atoms with Gasteiger partial charge in [-0.3, -0.25) is 14.5 Å². The quantitative estimate of drug-likeness (QED) is 0.0469. The Morgan fingerprint density at radius 3 is 1.44 bits per heavy atom. The summed E-state index contributed by atoms with van der Waals surface area (Å²) in [6, 6.07) is 16.3. The van der Waals surface area contributed by atoms with Crippen molar-refractivity contribution in [1.82, 2.24) is 29.7 Å². The summed E-state index contributed by atoms with van der Waals surface area (Å²) < 4.78 is 39.2. The number of benzene rings is 2. The molecule has 5 heterocycles. The number of hydrogen-bond acceptors (Lipinski definition) is 17. The first-order valence-electron chi connectivity index (χ1n) is 28.4. The van der Waals surface area contributed by atoms with Gasteiger partial charge in [-0.1, -0.05) is 52.0 Å². The number of aromatic nitrogens is 4. The number of anilines is 4. The van der Waals surface area contributed by atoms with Gasteiger partial charge >= 0.3 is 115 Å². The van der Waals surface area contributed by atoms with Gasteiger partial charge in [-0.25, -0.2) is 0 Å². The molecular weight excluding hydrogens is 1120 g/mol. The van der Waals surface area contributed by atoms with E-state index in [4.69, 9.17) is 32.5 Å². The van der Waals surface area contributed by atoms with Crippen LogP contribution in [0.1, 0.15) is 132 Å². The molecule has 2 aromatic carbocycles. The molecule has 82 heavy (non-hydrogen) atoms. The topological polar surface area (TPSA) is 213 Å². The molecule has 3 aliphatic rings. The number of amides is 2. The number of nitrogens with one attached hydrogen (secondary N) is 4. The number of aryl methyl sites for hydroxylation is 4. The number of carbonyl (C=O) groups is 2. The maximum absolute atomic E-state index is 13.2. The second-order valence-electron chi connectivity index (χ2n) is 22.1. The molecule has 2 amide bonds. The molecule has 9 rings (SSSR count). The molecule has 22 heteroatoms. The van der Waals surface area contributed by atoms with Crippen molar-refractivity contribution in [2.75, 3.05) is 116 Å². The van der Waals surface area contributed by atoms with Gasteiger partial charge in [0.1, 0.15) is 11.5 Å². The van der Waals surface area contributed by atoms with Crippen LogP contribution in [0.2, 0.25) is 0 Å². The molecule has 0 radical (unpaired) electrons. The first-order chi connectivity index (χ1) is 38.9. The average Bonchev–Trinajstić information content (AvgIpc) is 4.47. The number of rotatable bonds is 22. The fourth-order valence-electron chi connectivity index (χ4n) is 10.5. The molecule has 0 spiro atoms. The van der Waals surface area contributed by atoms with Gasteiger partial charge in [0.2, 0.25) is 35.4 Å². The van der Waals surface area contributed by atoms with Crippen LogP contribution in [0.15, 0.2) is 57.4 Å². The number of hydrogen-bond donors (Lipinski definition) is 4. The summed E-state index contributed by atoms with van der Waals surface area (Å²) in [6.45, 7) is 20.2. The van der Waals surface area contributed by atoms with Crippen molar-refractivity contribution in [2.24, 2.45) is 0 Å². The van der Waals surface area contributed by atoms with Crippen LogP contribution in [0.5, 0.6) is 23.5 Å². The van der Waals surface area contributed by atoms with Crippen LogP contribution in [0, 0.1) is 13.8 Å². The Morgan fingerprint density at radius 2 is 1.05 bits per heavy atom. The molecule has 4 aromatic heterocycles. The second-order valence-corrected chi connectivity index (χ2v) is 22.1. The normalized spacial score (nSPS) is 14.7. The van der Waals surface area contributed by atoms with Crippen LogP contribution in [-0.4, -0.2) is 200 Å². The SMILES string of the molecule is COc1nc(NCCCN(C)C)nc(OC)c1NC(=O)c1ccc(Cc2cc3c(cc2C)CCC3(C)C)o1.COc1nc(NCCCN2CCOCC2)nc(OC)c1NC(=O)c1ccc(Cc2cc3c(cc2C)CCC3(C)C)o1.[H-].[K+].[K][K]. The number of nitrogens with zero attached hydrogens (tertiary/aromatic N) is 6. The third-order valence-electron chi connectivity index (χ3n) is 15.2. The van der Waals surface area contributed by atoms with E-state index in [0.29, 0.717) is 37.8 Å². The molecule has 2 aliphatic carbocycles. The molecule has 1 saturated heterocycles. The van der Waals surface area contributed by atoms with Gasteiger partial charge in [0.25, 0.3) is 11.8 Å². The minimum atomic E-state index is -0.436. The van der Waals surface area contributed by atoms with Crippen LogP contribution >= 0.6 is 0 Å². The maximum atomic E-state index is 13.2. The molecular formula is C60H81K3N10O9. The average molecular weight is 1200 g/mol. The monoisotopic (exact) mass is 1200 g/mol. The summed E-state index contributed by atoms with van der Waals surface area (Å²) in [5, 5.41) is 12.0. The van der Waals surface area contributed by atoms with E-state index >= 15 is 0 Å². The standard InChI is InChI=1S/C31H41N5O5.C29H39N5O4.3K.H/c1-20-17-21-9-10-31(2,3)24(21)19-22(20)18-23-7-8-25(41-23)27(37)33-26-28(38-4)34-30(35-29(26)39-5)32-11-6-12-36-13-15-40-16-14-36;1-18-15-19-11-12-29(2,3)22(19)17-20(18)16-21-9-10-23(38-21)25(35)31-24-26(36-6)32-28(33-27(24)37-7)30-13-8-14-34(4)5;;;;/h7-8,17,19H,6,9-16,18H2,1-5H3,(H,33,37)(H,32,34,35);9-10,15,17H,8,11-14,16H2,1-7H3,(H,31,35)(H,30,32,33);;;;/q;;;;+1;-1. The van der Waals surface area contributed by atoms with Gasteiger partial charge in [-0.2, -0.15) is 19.9 Å². The van der Waals surface area contributed by atoms with Crippen molar-refractivity contribution in [3.05, 3.63) is 116 Å². The van der Waals surface area contributed by atoms with E-state index in [9.17, 15) is 9.59 Å². The zero-order valence-electron chi connectivity index (χ0n) is 52.3. The number of furan rings is 2. The van der Waals surface area contributed by atoms with Crippen molar-refractivity contribution >= 4 is 98.2 Å². The van der Waals surface area contributed by atoms with Crippen molar-refractivity contribution in [1.29, 1.82) is 0 Å². The van der Waals surface area contributed by atoms with Gasteiger partial charge in [0.05, 0.1) is 41.7 Å². The molecule has 19 nitrogen and oxygen atoms in total. The molecule has 6 aromatic rings. The number of methoxy groups -OCH3 is 4. The fourth-order valence-corrected chi connectivity index (χ4v) is 10.5. The third-order valence-corrected chi connectivity index (χ3v) is 15.2. The Labute approximate surface area is 573 Å². The van der Waals surface area contributed by atoms with Crippen LogP contribution in [-0.2, 0) is 41.3 Å². The Hall–Kier alpha value is -2.31. The summed E-state index contributed by atoms with van der Waals surface area (Å²) in [5.41, 5.74) is 11.5. The Bertz CT molecular complexity index is 3060. The van der Waals surface area contributed by atoms with Crippen molar-refractivity contribution in [2.45, 2.75) is 104 Å². The second kappa shape index (κ2) is 32.6. The molecule has 1 fully saturated rings. The molecule has 0 bridgehead atoms. The molecule has 0 saturated carbocycles. The van der Waals surface area contributed by atoms with Gasteiger partial charge in [-0.05, 0) is 159 Å². The van der Waals surface area contributed by atoms with E-state index in [-0.39, 0.29) is 110 Å². The molecule has 4 N–H and O–H groups in total. The summed E-state index contributed by atoms with van der Waals surface area (Å²) in [4.78, 5) is 48.4. The Balaban J connectivity index is 0.000000289. The minimum absolute atomic E-state index is 0. The van der Waals surface area contributed by atoms with Gasteiger partial charge in [0.15, 0.2) is 22.9 Å². The first-order valence-corrected chi connectivity index (χ1v) is 44.4. The molecule has 428 valence electrons. The Kier molecular flexibility index (Phi) is 27.4. The van der Waals surface area contributed by atoms with E-state index in [2.05, 4.69) is 117 Å². The van der Waals surface area contributed by atoms with E-state index in [1.807, 2.05) is 26.2 Å². The van der Waals surface area contributed by atoms with E-state index in [1.165, 1.54) is 149 Å². The van der Waals surface area contributed by atoms with Gasteiger partial charge in [-0.15, -0.1) is 0 Å². The number of ether oxygens (including phenoxy) is 5. The first kappa shape index (κ1) is 68.8. The third kappa shape index (κ3) is 18.4. The summed E-state index contributed by atoms with van der Waals surface area (Å²) >= 11 is 2.50. The van der Waals surface area contributed by atoms with E-state index in [1.54, 1.807) is 12.1 Å². The number of fused-ring (bicyclic) bond motifs is 2. The zero-order valence-corrected chi connectivity index (χ0v) is 60.7. The number of morpholine rings is 1. The molecule has 1 aliphatic heterocycles. The fraction of sp³-hybridized carbons (Fsp3) is 0.500. The van der Waals surface area contributed by atoms with E-state index in [0.717, 1.165) is 76.6 Å². The van der Waals surface area contributed by atoms with Crippen LogP contribution in [0.4, 0.5) is 23.3 Å². The predicted molar refractivity (Wildman–Crippen MR) is 319 cm³/mol. The zero-order chi connectivity index (χ0) is 58.4. The molecule has 0 unspecified atom stereocenters. The van der Waals surface area contributed by atoms with E-state index < -0.39 is 11.8 Å². The van der Waals surface area contributed by atoms with Crippen LogP contribution in [0.25, 0.3) is 0 Å². The predicted octanol–water partition coefficient (Wildman–Crippen LogP) is 5.78. The van der Waals surface area contributed by atoms with Crippen molar-refractivity contribution < 1.29 is 94.9 Å². The number of carbonyl (C=O) groups excluding carboxylic acids is 2. The van der Waals surface area contributed by atoms with Crippen molar-refractivity contribution in [3.63, 3.8) is 0 Å². The van der Waals surface area contributed by atoms with Gasteiger partial charge < -0.3 is 60.1 Å². The van der Waals surface area contributed by atoms with Crippen LogP contribution < -0.4 is 91.6 Å². The van der Waals surface area contributed by atoms with Crippen LogP contribution in [0.3, 0.4) is 0 Å². The Morgan fingerprint density at radius 1 is 0.646 bits per heavy atom. The van der Waals surface area contributed by atoms with Gasteiger partial charge in [0, 0.05) is 39.0 Å².